The van der Waals surface area contributed by atoms with Gasteiger partial charge in [-0.15, -0.1) is 0 Å². The fourth-order valence-corrected chi connectivity index (χ4v) is 1.43. The second-order valence-corrected chi connectivity index (χ2v) is 3.29. The Morgan fingerprint density at radius 2 is 2.08 bits per heavy atom. The Balaban J connectivity index is 3.14. The highest BCUT2D eigenvalue weighted by atomic mass is 35.5. The first-order valence-corrected chi connectivity index (χ1v) is 4.48. The zero-order chi connectivity index (χ0) is 9.14. The van der Waals surface area contributed by atoms with Gasteiger partial charge in [-0.05, 0) is 36.6 Å². The van der Waals surface area contributed by atoms with Gasteiger partial charge in [0.15, 0.2) is 0 Å². The molecule has 0 fully saturated rings. The largest absolute Gasteiger partial charge is 0.207 e. The zero-order valence-corrected chi connectivity index (χ0v) is 8.08. The molecular formula is C10H12ClF. The monoisotopic (exact) mass is 186 g/mol. The molecule has 0 heterocycles. The van der Waals surface area contributed by atoms with Gasteiger partial charge in [0.2, 0.25) is 0 Å². The summed E-state index contributed by atoms with van der Waals surface area (Å²) in [6.07, 6.45) is 1.70. The third kappa shape index (κ3) is 1.78. The van der Waals surface area contributed by atoms with Crippen LogP contribution < -0.4 is 0 Å². The highest BCUT2D eigenvalue weighted by Crippen LogP contribution is 2.22. The van der Waals surface area contributed by atoms with Crippen molar-refractivity contribution < 1.29 is 4.39 Å². The molecule has 0 saturated heterocycles. The summed E-state index contributed by atoms with van der Waals surface area (Å²) in [4.78, 5) is 0. The molecule has 0 saturated carbocycles. The predicted molar refractivity (Wildman–Crippen MR) is 50.1 cm³/mol. The summed E-state index contributed by atoms with van der Waals surface area (Å²) in [5, 5.41) is 0.653. The van der Waals surface area contributed by atoms with E-state index in [1.54, 1.807) is 6.07 Å². The van der Waals surface area contributed by atoms with Gasteiger partial charge in [0.05, 0.1) is 0 Å². The molecule has 0 nitrogen and oxygen atoms in total. The average Bonchev–Trinajstić information content (AvgIpc) is 2.06. The lowest BCUT2D eigenvalue weighted by Gasteiger charge is -2.06. The SMILES string of the molecule is CCCc1c(F)ccc(Cl)c1C. The van der Waals surface area contributed by atoms with E-state index in [0.29, 0.717) is 5.02 Å². The number of hydrogen-bond donors (Lipinski definition) is 0. The minimum atomic E-state index is -0.140. The van der Waals surface area contributed by atoms with Gasteiger partial charge in [-0.25, -0.2) is 4.39 Å². The van der Waals surface area contributed by atoms with E-state index in [1.165, 1.54) is 6.07 Å². The molecular weight excluding hydrogens is 175 g/mol. The second-order valence-electron chi connectivity index (χ2n) is 2.88. The van der Waals surface area contributed by atoms with Gasteiger partial charge in [0, 0.05) is 5.02 Å². The molecule has 12 heavy (non-hydrogen) atoms. The van der Waals surface area contributed by atoms with Crippen molar-refractivity contribution in [3.8, 4) is 0 Å². The van der Waals surface area contributed by atoms with Gasteiger partial charge < -0.3 is 0 Å². The third-order valence-electron chi connectivity index (χ3n) is 1.98. The molecule has 0 bridgehead atoms. The van der Waals surface area contributed by atoms with Crippen LogP contribution in [0.4, 0.5) is 4.39 Å². The molecule has 66 valence electrons. The molecule has 0 aliphatic rings. The highest BCUT2D eigenvalue weighted by molar-refractivity contribution is 6.31. The third-order valence-corrected chi connectivity index (χ3v) is 2.38. The van der Waals surface area contributed by atoms with E-state index in [4.69, 9.17) is 11.6 Å². The van der Waals surface area contributed by atoms with Crippen molar-refractivity contribution in [2.45, 2.75) is 26.7 Å². The molecule has 0 aromatic heterocycles. The van der Waals surface area contributed by atoms with Crippen LogP contribution in [0.15, 0.2) is 12.1 Å². The van der Waals surface area contributed by atoms with Crippen LogP contribution in [0.25, 0.3) is 0 Å². The molecule has 1 aromatic carbocycles. The molecule has 0 spiro atoms. The lowest BCUT2D eigenvalue weighted by molar-refractivity contribution is 0.605. The van der Waals surface area contributed by atoms with E-state index < -0.39 is 0 Å². The quantitative estimate of drug-likeness (QED) is 0.660. The predicted octanol–water partition coefficient (Wildman–Crippen LogP) is 3.74. The normalized spacial score (nSPS) is 10.3. The van der Waals surface area contributed by atoms with Crippen LogP contribution in [0.2, 0.25) is 5.02 Å². The van der Waals surface area contributed by atoms with Gasteiger partial charge in [0.1, 0.15) is 5.82 Å². The fourth-order valence-electron chi connectivity index (χ4n) is 1.25. The number of hydrogen-bond acceptors (Lipinski definition) is 0. The van der Waals surface area contributed by atoms with Crippen LogP contribution in [0, 0.1) is 12.7 Å². The fraction of sp³-hybridized carbons (Fsp3) is 0.400. The standard InChI is InChI=1S/C10H12ClF/c1-3-4-8-7(2)9(11)5-6-10(8)12/h5-6H,3-4H2,1-2H3. The molecule has 0 unspecified atom stereocenters. The molecule has 0 aliphatic carbocycles. The van der Waals surface area contributed by atoms with E-state index in [9.17, 15) is 4.39 Å². The van der Waals surface area contributed by atoms with Crippen molar-refractivity contribution in [3.63, 3.8) is 0 Å². The van der Waals surface area contributed by atoms with E-state index in [1.807, 2.05) is 13.8 Å². The molecule has 0 amide bonds. The number of rotatable bonds is 2. The minimum Gasteiger partial charge on any atom is -0.207 e. The second kappa shape index (κ2) is 3.90. The zero-order valence-electron chi connectivity index (χ0n) is 7.32. The maximum atomic E-state index is 13.2. The van der Waals surface area contributed by atoms with Gasteiger partial charge >= 0.3 is 0 Å². The Morgan fingerprint density at radius 3 is 2.67 bits per heavy atom. The topological polar surface area (TPSA) is 0 Å². The summed E-state index contributed by atoms with van der Waals surface area (Å²) in [5.74, 6) is -0.140. The van der Waals surface area contributed by atoms with Crippen LogP contribution >= 0.6 is 11.6 Å². The molecule has 1 aromatic rings. The highest BCUT2D eigenvalue weighted by Gasteiger charge is 2.06. The van der Waals surface area contributed by atoms with Gasteiger partial charge in [-0.1, -0.05) is 24.9 Å². The van der Waals surface area contributed by atoms with Gasteiger partial charge in [-0.3, -0.25) is 0 Å². The summed E-state index contributed by atoms with van der Waals surface area (Å²) < 4.78 is 13.2. The smallest absolute Gasteiger partial charge is 0.126 e. The van der Waals surface area contributed by atoms with Crippen molar-refractivity contribution in [2.75, 3.05) is 0 Å². The van der Waals surface area contributed by atoms with Crippen LogP contribution in [0.5, 0.6) is 0 Å². The molecule has 0 N–H and O–H groups in total. The van der Waals surface area contributed by atoms with Crippen molar-refractivity contribution in [2.24, 2.45) is 0 Å². The number of halogens is 2. The maximum Gasteiger partial charge on any atom is 0.126 e. The Hall–Kier alpha value is -0.560. The average molecular weight is 187 g/mol. The van der Waals surface area contributed by atoms with E-state index in [2.05, 4.69) is 0 Å². The first kappa shape index (κ1) is 9.53. The lowest BCUT2D eigenvalue weighted by atomic mass is 10.0. The first-order valence-electron chi connectivity index (χ1n) is 4.10. The molecule has 2 heteroatoms. The Bertz CT molecular complexity index is 281. The summed E-state index contributed by atoms with van der Waals surface area (Å²) >= 11 is 5.85. The number of benzene rings is 1. The Labute approximate surface area is 77.4 Å². The molecule has 1 rings (SSSR count). The van der Waals surface area contributed by atoms with E-state index in [-0.39, 0.29) is 5.82 Å². The minimum absolute atomic E-state index is 0.140. The molecule has 0 radical (unpaired) electrons. The lowest BCUT2D eigenvalue weighted by Crippen LogP contribution is -1.94. The Morgan fingerprint density at radius 1 is 1.42 bits per heavy atom. The molecule has 0 atom stereocenters. The first-order chi connectivity index (χ1) is 5.66. The summed E-state index contributed by atoms with van der Waals surface area (Å²) in [6.45, 7) is 3.89. The van der Waals surface area contributed by atoms with Crippen LogP contribution in [-0.2, 0) is 6.42 Å². The molecule has 0 aliphatic heterocycles. The van der Waals surface area contributed by atoms with Crippen LogP contribution in [0.1, 0.15) is 24.5 Å². The van der Waals surface area contributed by atoms with Crippen molar-refractivity contribution in [1.29, 1.82) is 0 Å². The van der Waals surface area contributed by atoms with Crippen molar-refractivity contribution in [1.82, 2.24) is 0 Å². The van der Waals surface area contributed by atoms with Gasteiger partial charge in [0.25, 0.3) is 0 Å². The van der Waals surface area contributed by atoms with E-state index >= 15 is 0 Å². The summed E-state index contributed by atoms with van der Waals surface area (Å²) in [6, 6.07) is 3.03. The summed E-state index contributed by atoms with van der Waals surface area (Å²) in [7, 11) is 0. The van der Waals surface area contributed by atoms with Crippen LogP contribution in [-0.4, -0.2) is 0 Å². The van der Waals surface area contributed by atoms with Crippen LogP contribution in [0.3, 0.4) is 0 Å². The van der Waals surface area contributed by atoms with Gasteiger partial charge in [-0.2, -0.15) is 0 Å². The summed E-state index contributed by atoms with van der Waals surface area (Å²) in [5.41, 5.74) is 1.63. The Kier molecular flexibility index (Phi) is 3.10. The van der Waals surface area contributed by atoms with E-state index in [0.717, 1.165) is 24.0 Å². The van der Waals surface area contributed by atoms with Crippen molar-refractivity contribution in [3.05, 3.63) is 34.1 Å². The van der Waals surface area contributed by atoms with Crippen molar-refractivity contribution >= 4 is 11.6 Å². The maximum absolute atomic E-state index is 13.2.